The van der Waals surface area contributed by atoms with Crippen LogP contribution in [0.25, 0.3) is 0 Å². The van der Waals surface area contributed by atoms with E-state index in [9.17, 15) is 28.9 Å². The second kappa shape index (κ2) is 13.3. The van der Waals surface area contributed by atoms with E-state index >= 15 is 0 Å². The zero-order chi connectivity index (χ0) is 39.8. The number of aliphatic hydroxyl groups is 1. The Balaban J connectivity index is 1.01. The van der Waals surface area contributed by atoms with E-state index in [2.05, 4.69) is 51.8 Å². The second-order valence-corrected chi connectivity index (χ2v) is 25.3. The minimum Gasteiger partial charge on any atom is -0.481 e. The summed E-state index contributed by atoms with van der Waals surface area (Å²) in [6.07, 6.45) is 14.8. The molecule has 5 N–H and O–H groups in total. The number of ether oxygens (including phenoxy) is 1. The van der Waals surface area contributed by atoms with Crippen molar-refractivity contribution in [2.75, 3.05) is 37.7 Å². The number of nitrogens with zero attached hydrogens (tertiary/aromatic N) is 1. The molecule has 10 heteroatoms. The molecule has 1 heterocycles. The maximum absolute atomic E-state index is 13.7. The molecule has 9 nitrogen and oxygen atoms in total. The van der Waals surface area contributed by atoms with E-state index in [4.69, 9.17) is 4.74 Å². The maximum Gasteiger partial charge on any atom is 0.309 e. The van der Waals surface area contributed by atoms with Crippen LogP contribution in [-0.2, 0) is 14.3 Å². The van der Waals surface area contributed by atoms with Crippen LogP contribution in [0.1, 0.15) is 139 Å². The summed E-state index contributed by atoms with van der Waals surface area (Å²) in [5.74, 6) is 2.12. The molecule has 55 heavy (non-hydrogen) atoms. The van der Waals surface area contributed by atoms with Gasteiger partial charge in [0.2, 0.25) is 0 Å². The summed E-state index contributed by atoms with van der Waals surface area (Å²) in [5, 5.41) is 24.5. The third-order valence-electron chi connectivity index (χ3n) is 20.2. The van der Waals surface area contributed by atoms with Gasteiger partial charge in [0.05, 0.1) is 29.9 Å². The van der Waals surface area contributed by atoms with Crippen LogP contribution in [0.4, 0.5) is 0 Å². The Kier molecular flexibility index (Phi) is 9.88. The average molecular weight is 789 g/mol. The summed E-state index contributed by atoms with van der Waals surface area (Å²) in [5.41, 5.74) is 0.468. The number of hydrogen-bond donors (Lipinski definition) is 5. The standard InChI is InChI=1S/C45H76N2O7S/c1-39(2)31(37(49)50)25-32(39)38(51)54-35-13-14-42(6)33(40(35,3)4)12-15-44(8)34(42)10-9-30-36-29(41(5)17-18-41)11-16-45(36,20-19-43(30,44)7)46-26-28(27-48)47-21-23-55(52,53)24-22-47/h28-36,46,48,52-53H,9-27H2,1-8H3,(H,49,50)/t28-,29-,30-,31+,32-,33+,34-,35+,36-,42+,43-,44-,45+/m1/s1. The number of nitrogens with one attached hydrogen (secondary N) is 1. The van der Waals surface area contributed by atoms with Gasteiger partial charge in [-0.3, -0.25) is 23.6 Å². The lowest BCUT2D eigenvalue weighted by atomic mass is 9.32. The van der Waals surface area contributed by atoms with Gasteiger partial charge in [-0.1, -0.05) is 55.4 Å². The van der Waals surface area contributed by atoms with Crippen molar-refractivity contribution >= 4 is 22.5 Å². The Morgan fingerprint density at radius 1 is 0.764 bits per heavy atom. The van der Waals surface area contributed by atoms with Gasteiger partial charge in [-0.2, -0.15) is 10.6 Å². The number of esters is 1. The topological polar surface area (TPSA) is 140 Å². The van der Waals surface area contributed by atoms with Gasteiger partial charge >= 0.3 is 11.9 Å². The fourth-order valence-electron chi connectivity index (χ4n) is 16.1. The van der Waals surface area contributed by atoms with Crippen molar-refractivity contribution in [1.82, 2.24) is 10.2 Å². The second-order valence-electron chi connectivity index (χ2n) is 22.9. The zero-order valence-corrected chi connectivity index (χ0v) is 36.3. The molecule has 7 aliphatic carbocycles. The summed E-state index contributed by atoms with van der Waals surface area (Å²) in [7, 11) is -2.48. The van der Waals surface area contributed by atoms with Crippen molar-refractivity contribution in [2.45, 2.75) is 157 Å². The van der Waals surface area contributed by atoms with Gasteiger partial charge in [0.15, 0.2) is 0 Å². The van der Waals surface area contributed by atoms with Crippen molar-refractivity contribution in [3.05, 3.63) is 0 Å². The Morgan fingerprint density at radius 2 is 1.45 bits per heavy atom. The van der Waals surface area contributed by atoms with Crippen LogP contribution < -0.4 is 5.32 Å². The third-order valence-corrected chi connectivity index (χ3v) is 21.9. The molecule has 0 aromatic heterocycles. The molecule has 0 aromatic carbocycles. The molecule has 0 bridgehead atoms. The quantitative estimate of drug-likeness (QED) is 0.146. The maximum atomic E-state index is 13.7. The Hall–Kier alpha value is -0.910. The lowest BCUT2D eigenvalue weighted by molar-refractivity contribution is -0.250. The molecule has 7 saturated carbocycles. The van der Waals surface area contributed by atoms with E-state index in [1.54, 1.807) is 0 Å². The molecule has 13 atom stereocenters. The monoisotopic (exact) mass is 789 g/mol. The van der Waals surface area contributed by atoms with Gasteiger partial charge in [-0.25, -0.2) is 0 Å². The highest BCUT2D eigenvalue weighted by molar-refractivity contribution is 8.24. The zero-order valence-electron chi connectivity index (χ0n) is 35.5. The Bertz CT molecular complexity index is 1520. The summed E-state index contributed by atoms with van der Waals surface area (Å²) in [6.45, 7) is 21.3. The van der Waals surface area contributed by atoms with Gasteiger partial charge < -0.3 is 20.3 Å². The average Bonchev–Trinajstić information content (AvgIpc) is 3.72. The van der Waals surface area contributed by atoms with E-state index in [-0.39, 0.29) is 57.8 Å². The van der Waals surface area contributed by atoms with Crippen molar-refractivity contribution in [3.63, 3.8) is 0 Å². The first kappa shape index (κ1) is 40.9. The first-order valence-electron chi connectivity index (χ1n) is 22.4. The fourth-order valence-corrected chi connectivity index (χ4v) is 17.4. The molecular formula is C45H76N2O7S. The summed E-state index contributed by atoms with van der Waals surface area (Å²) in [6, 6.07) is -0.00231. The number of carboxylic acid groups (broad SMARTS) is 1. The van der Waals surface area contributed by atoms with Gasteiger partial charge in [-0.15, -0.1) is 0 Å². The van der Waals surface area contributed by atoms with Gasteiger partial charge in [-0.05, 0) is 140 Å². The Labute approximate surface area is 333 Å². The van der Waals surface area contributed by atoms with E-state index in [0.29, 0.717) is 60.1 Å². The number of hydrogen-bond acceptors (Lipinski definition) is 8. The molecule has 0 spiro atoms. The van der Waals surface area contributed by atoms with E-state index in [1.165, 1.54) is 57.8 Å². The number of aliphatic hydroxyl groups excluding tert-OH is 1. The molecule has 0 aromatic rings. The SMILES string of the molecule is CC1([C@@H]2CC[C@]3(NC[C@H](CO)N4CCS(O)(O)CC4)CC[C@]4(C)[C@H](CC[C@@H]5[C@@]6(C)CC[C@H](OC(=O)[C@H]7C[C@@H](C(=O)O)C7(C)C)C(C)(C)[C@@H]6CC[C@]54C)[C@@H]23)CC1. The highest BCUT2D eigenvalue weighted by atomic mass is 32.3. The molecule has 1 saturated heterocycles. The van der Waals surface area contributed by atoms with Crippen molar-refractivity contribution < 1.29 is 33.6 Å². The van der Waals surface area contributed by atoms with Crippen LogP contribution in [0.2, 0.25) is 0 Å². The molecule has 0 radical (unpaired) electrons. The van der Waals surface area contributed by atoms with Crippen LogP contribution in [0.3, 0.4) is 0 Å². The van der Waals surface area contributed by atoms with Gasteiger partial charge in [0.1, 0.15) is 6.10 Å². The number of rotatable bonds is 9. The van der Waals surface area contributed by atoms with Crippen molar-refractivity contribution in [2.24, 2.45) is 73.9 Å². The van der Waals surface area contributed by atoms with Crippen LogP contribution >= 0.6 is 10.6 Å². The van der Waals surface area contributed by atoms with Crippen molar-refractivity contribution in [1.29, 1.82) is 0 Å². The molecule has 314 valence electrons. The molecule has 8 fully saturated rings. The van der Waals surface area contributed by atoms with Gasteiger partial charge in [0.25, 0.3) is 0 Å². The van der Waals surface area contributed by atoms with Gasteiger partial charge in [0, 0.05) is 36.6 Å². The highest BCUT2D eigenvalue weighted by Crippen LogP contribution is 2.78. The highest BCUT2D eigenvalue weighted by Gasteiger charge is 2.72. The molecule has 0 amide bonds. The predicted octanol–water partition coefficient (Wildman–Crippen LogP) is 8.30. The molecule has 1 aliphatic heterocycles. The smallest absolute Gasteiger partial charge is 0.309 e. The number of carboxylic acids is 1. The Morgan fingerprint density at radius 3 is 2.07 bits per heavy atom. The van der Waals surface area contributed by atoms with Crippen LogP contribution in [0, 0.1) is 73.9 Å². The molecule has 8 aliphatic rings. The molecular weight excluding hydrogens is 713 g/mol. The van der Waals surface area contributed by atoms with E-state index in [0.717, 1.165) is 31.7 Å². The van der Waals surface area contributed by atoms with Crippen LogP contribution in [0.15, 0.2) is 0 Å². The largest absolute Gasteiger partial charge is 0.481 e. The summed E-state index contributed by atoms with van der Waals surface area (Å²) >= 11 is 0. The summed E-state index contributed by atoms with van der Waals surface area (Å²) < 4.78 is 27.0. The van der Waals surface area contributed by atoms with Crippen LogP contribution in [-0.4, -0.2) is 91.6 Å². The minimum atomic E-state index is -2.48. The normalized spacial score (nSPS) is 48.8. The number of carbonyl (C=O) groups is 2. The molecule has 0 unspecified atom stereocenters. The van der Waals surface area contributed by atoms with Crippen LogP contribution in [0.5, 0.6) is 0 Å². The minimum absolute atomic E-state index is 0.00231. The summed E-state index contributed by atoms with van der Waals surface area (Å²) in [4.78, 5) is 27.7. The van der Waals surface area contributed by atoms with Crippen molar-refractivity contribution in [3.8, 4) is 0 Å². The number of carbonyl (C=O) groups excluding carboxylic acids is 1. The predicted molar refractivity (Wildman–Crippen MR) is 218 cm³/mol. The molecule has 8 rings (SSSR count). The van der Waals surface area contributed by atoms with E-state index < -0.39 is 27.9 Å². The third kappa shape index (κ3) is 6.07. The number of fused-ring (bicyclic) bond motifs is 7. The first-order valence-corrected chi connectivity index (χ1v) is 24.2. The fraction of sp³-hybridized carbons (Fsp3) is 0.956. The lowest BCUT2D eigenvalue weighted by Gasteiger charge is -2.73. The lowest BCUT2D eigenvalue weighted by Crippen LogP contribution is -2.69. The number of aliphatic carboxylic acids is 1. The van der Waals surface area contributed by atoms with E-state index in [1.807, 2.05) is 13.8 Å². The first-order chi connectivity index (χ1) is 25.6.